The van der Waals surface area contributed by atoms with E-state index in [1.165, 1.54) is 12.7 Å². The minimum Gasteiger partial charge on any atom is -0.376 e. The third-order valence-electron chi connectivity index (χ3n) is 1.28. The summed E-state index contributed by atoms with van der Waals surface area (Å²) < 4.78 is 0. The molecule has 0 aliphatic rings. The van der Waals surface area contributed by atoms with Crippen LogP contribution in [0.2, 0.25) is 0 Å². The van der Waals surface area contributed by atoms with Crippen LogP contribution >= 0.6 is 0 Å². The summed E-state index contributed by atoms with van der Waals surface area (Å²) in [6.45, 7) is 3.94. The summed E-state index contributed by atoms with van der Waals surface area (Å²) in [6, 6.07) is 0. The van der Waals surface area contributed by atoms with Crippen molar-refractivity contribution in [3.63, 3.8) is 0 Å². The highest BCUT2D eigenvalue weighted by atomic mass is 16.3. The average molecular weight is 166 g/mol. The van der Waals surface area contributed by atoms with E-state index >= 15 is 0 Å². The summed E-state index contributed by atoms with van der Waals surface area (Å²) in [7, 11) is 0. The van der Waals surface area contributed by atoms with Gasteiger partial charge in [0.1, 0.15) is 19.4 Å². The van der Waals surface area contributed by atoms with Gasteiger partial charge in [-0.3, -0.25) is 0 Å². The van der Waals surface area contributed by atoms with Crippen molar-refractivity contribution in [1.82, 2.24) is 15.0 Å². The van der Waals surface area contributed by atoms with Crippen LogP contribution in [0.1, 0.15) is 0 Å². The van der Waals surface area contributed by atoms with Crippen molar-refractivity contribution < 1.29 is 5.11 Å². The Kier molecular flexibility index (Phi) is 3.16. The summed E-state index contributed by atoms with van der Waals surface area (Å²) in [5.74, 6) is 0.451. The van der Waals surface area contributed by atoms with Gasteiger partial charge in [-0.2, -0.15) is 0 Å². The van der Waals surface area contributed by atoms with E-state index in [1.54, 1.807) is 11.0 Å². The van der Waals surface area contributed by atoms with Crippen LogP contribution in [0, 0.1) is 0 Å². The summed E-state index contributed by atoms with van der Waals surface area (Å²) in [5.41, 5.74) is 0. The van der Waals surface area contributed by atoms with Crippen molar-refractivity contribution in [3.8, 4) is 0 Å². The molecule has 0 saturated heterocycles. The van der Waals surface area contributed by atoms with Crippen molar-refractivity contribution in [2.75, 3.05) is 18.2 Å². The number of hydrogen-bond acceptors (Lipinski definition) is 5. The molecule has 0 unspecified atom stereocenters. The molecule has 1 aromatic heterocycles. The SMILES string of the molecule is C=CCN(CO)c1ncncn1. The lowest BCUT2D eigenvalue weighted by atomic mass is 10.5. The molecule has 12 heavy (non-hydrogen) atoms. The first-order chi connectivity index (χ1) is 5.88. The second-order valence-electron chi connectivity index (χ2n) is 2.09. The van der Waals surface area contributed by atoms with Gasteiger partial charge in [0.15, 0.2) is 0 Å². The second-order valence-corrected chi connectivity index (χ2v) is 2.09. The van der Waals surface area contributed by atoms with Gasteiger partial charge in [0.05, 0.1) is 0 Å². The molecule has 5 nitrogen and oxygen atoms in total. The van der Waals surface area contributed by atoms with Gasteiger partial charge in [-0.1, -0.05) is 6.08 Å². The van der Waals surface area contributed by atoms with E-state index in [1.807, 2.05) is 0 Å². The molecule has 0 radical (unpaired) electrons. The molecule has 0 amide bonds. The number of rotatable bonds is 4. The second kappa shape index (κ2) is 4.40. The van der Waals surface area contributed by atoms with Gasteiger partial charge in [-0.25, -0.2) is 15.0 Å². The zero-order valence-corrected chi connectivity index (χ0v) is 6.59. The first kappa shape index (κ1) is 8.61. The topological polar surface area (TPSA) is 62.1 Å². The Balaban J connectivity index is 2.72. The lowest BCUT2D eigenvalue weighted by molar-refractivity contribution is 0.292. The number of aliphatic hydroxyl groups excluding tert-OH is 1. The minimum absolute atomic E-state index is 0.129. The molecule has 1 N–H and O–H groups in total. The number of aromatic nitrogens is 3. The first-order valence-corrected chi connectivity index (χ1v) is 3.47. The van der Waals surface area contributed by atoms with Gasteiger partial charge in [0, 0.05) is 6.54 Å². The first-order valence-electron chi connectivity index (χ1n) is 3.47. The van der Waals surface area contributed by atoms with Crippen molar-refractivity contribution in [3.05, 3.63) is 25.3 Å². The fourth-order valence-corrected chi connectivity index (χ4v) is 0.755. The third-order valence-corrected chi connectivity index (χ3v) is 1.28. The molecule has 64 valence electrons. The number of hydrogen-bond donors (Lipinski definition) is 1. The Bertz CT molecular complexity index is 238. The Morgan fingerprint density at radius 3 is 2.67 bits per heavy atom. The fraction of sp³-hybridized carbons (Fsp3) is 0.286. The molecule has 1 aromatic rings. The van der Waals surface area contributed by atoms with E-state index in [9.17, 15) is 0 Å². The zero-order valence-electron chi connectivity index (χ0n) is 6.59. The van der Waals surface area contributed by atoms with E-state index in [0.29, 0.717) is 12.5 Å². The number of nitrogens with zero attached hydrogens (tertiary/aromatic N) is 4. The van der Waals surface area contributed by atoms with Gasteiger partial charge in [-0.05, 0) is 0 Å². The summed E-state index contributed by atoms with van der Waals surface area (Å²) >= 11 is 0. The molecular formula is C7H10N4O. The van der Waals surface area contributed by atoms with Crippen molar-refractivity contribution in [2.45, 2.75) is 0 Å². The van der Waals surface area contributed by atoms with Gasteiger partial charge in [0.25, 0.3) is 0 Å². The lowest BCUT2D eigenvalue weighted by Crippen LogP contribution is -2.26. The molecule has 0 saturated carbocycles. The Morgan fingerprint density at radius 1 is 1.50 bits per heavy atom. The Hall–Kier alpha value is -1.49. The number of aliphatic hydroxyl groups is 1. The molecule has 0 aliphatic heterocycles. The summed E-state index contributed by atoms with van der Waals surface area (Å²) in [6.07, 6.45) is 4.43. The van der Waals surface area contributed by atoms with E-state index < -0.39 is 0 Å². The van der Waals surface area contributed by atoms with Crippen LogP contribution in [0.3, 0.4) is 0 Å². The normalized spacial score (nSPS) is 9.42. The largest absolute Gasteiger partial charge is 0.376 e. The van der Waals surface area contributed by atoms with Gasteiger partial charge in [-0.15, -0.1) is 6.58 Å². The molecule has 0 aliphatic carbocycles. The van der Waals surface area contributed by atoms with E-state index in [-0.39, 0.29) is 6.73 Å². The predicted molar refractivity (Wildman–Crippen MR) is 44.5 cm³/mol. The minimum atomic E-state index is -0.129. The quantitative estimate of drug-likeness (QED) is 0.496. The van der Waals surface area contributed by atoms with Crippen molar-refractivity contribution >= 4 is 5.95 Å². The molecule has 0 atom stereocenters. The summed E-state index contributed by atoms with van der Waals surface area (Å²) in [5, 5.41) is 8.89. The predicted octanol–water partition coefficient (Wildman–Crippen LogP) is -0.186. The van der Waals surface area contributed by atoms with Crippen LogP contribution in [0.5, 0.6) is 0 Å². The van der Waals surface area contributed by atoms with E-state index in [2.05, 4.69) is 21.5 Å². The van der Waals surface area contributed by atoms with Crippen LogP contribution < -0.4 is 4.90 Å². The number of anilines is 1. The van der Waals surface area contributed by atoms with E-state index in [0.717, 1.165) is 0 Å². The highest BCUT2D eigenvalue weighted by molar-refractivity contribution is 5.27. The Labute approximate surface area is 70.4 Å². The maximum Gasteiger partial charge on any atom is 0.230 e. The van der Waals surface area contributed by atoms with Crippen LogP contribution in [0.4, 0.5) is 5.95 Å². The highest BCUT2D eigenvalue weighted by Gasteiger charge is 2.03. The lowest BCUT2D eigenvalue weighted by Gasteiger charge is -2.16. The monoisotopic (exact) mass is 166 g/mol. The van der Waals surface area contributed by atoms with Crippen LogP contribution in [-0.2, 0) is 0 Å². The maximum atomic E-state index is 8.89. The summed E-state index contributed by atoms with van der Waals surface area (Å²) in [4.78, 5) is 13.0. The Morgan fingerprint density at radius 2 is 2.17 bits per heavy atom. The molecule has 5 heteroatoms. The maximum absolute atomic E-state index is 8.89. The highest BCUT2D eigenvalue weighted by Crippen LogP contribution is 2.01. The van der Waals surface area contributed by atoms with Gasteiger partial charge in [0.2, 0.25) is 5.95 Å². The zero-order chi connectivity index (χ0) is 8.81. The van der Waals surface area contributed by atoms with Crippen LogP contribution in [-0.4, -0.2) is 33.3 Å². The molecule has 1 heterocycles. The molecule has 1 rings (SSSR count). The van der Waals surface area contributed by atoms with Crippen LogP contribution in [0.15, 0.2) is 25.3 Å². The average Bonchev–Trinajstić information content (AvgIpc) is 2.15. The van der Waals surface area contributed by atoms with Gasteiger partial charge >= 0.3 is 0 Å². The molecule has 0 spiro atoms. The van der Waals surface area contributed by atoms with Gasteiger partial charge < -0.3 is 10.0 Å². The molecule has 0 aromatic carbocycles. The van der Waals surface area contributed by atoms with Crippen molar-refractivity contribution in [2.24, 2.45) is 0 Å². The third kappa shape index (κ3) is 2.00. The van der Waals surface area contributed by atoms with Crippen LogP contribution in [0.25, 0.3) is 0 Å². The molecular weight excluding hydrogens is 156 g/mol. The van der Waals surface area contributed by atoms with Crippen molar-refractivity contribution in [1.29, 1.82) is 0 Å². The molecule has 0 bridgehead atoms. The fourth-order valence-electron chi connectivity index (χ4n) is 0.755. The standard InChI is InChI=1S/C7H10N4O/c1-2-3-11(6-12)7-9-4-8-5-10-7/h2,4-5,12H,1,3,6H2. The molecule has 0 fully saturated rings. The smallest absolute Gasteiger partial charge is 0.230 e. The van der Waals surface area contributed by atoms with E-state index in [4.69, 9.17) is 5.11 Å².